The molecule has 2 aliphatic carbocycles. The van der Waals surface area contributed by atoms with Crippen LogP contribution in [0.5, 0.6) is 0 Å². The number of carbonyl (C=O) groups excluding carboxylic acids is 1. The number of nitriles is 1. The first kappa shape index (κ1) is 24.9. The number of nitrogens with zero attached hydrogens (tertiary/aromatic N) is 1. The molecule has 2 fully saturated rings. The first-order chi connectivity index (χ1) is 16.1. The quantitative estimate of drug-likeness (QED) is 0.567. The predicted molar refractivity (Wildman–Crippen MR) is 121 cm³/mol. The van der Waals surface area contributed by atoms with Gasteiger partial charge in [-0.3, -0.25) is 4.79 Å². The predicted octanol–water partition coefficient (Wildman–Crippen LogP) is 4.58. The molecule has 2 aromatic carbocycles. The van der Waals surface area contributed by atoms with Crippen molar-refractivity contribution >= 4 is 38.9 Å². The van der Waals surface area contributed by atoms with Crippen LogP contribution in [0.15, 0.2) is 41.3 Å². The zero-order valence-corrected chi connectivity index (χ0v) is 20.1. The van der Waals surface area contributed by atoms with Crippen molar-refractivity contribution in [2.75, 3.05) is 0 Å². The Morgan fingerprint density at radius 3 is 2.41 bits per heavy atom. The summed E-state index contributed by atoms with van der Waals surface area (Å²) in [6, 6.07) is 9.92. The Labute approximate surface area is 205 Å². The number of ether oxygens (including phenoxy) is 1. The summed E-state index contributed by atoms with van der Waals surface area (Å²) in [5.74, 6) is -3.29. The van der Waals surface area contributed by atoms with Crippen LogP contribution in [-0.4, -0.2) is 31.2 Å². The van der Waals surface area contributed by atoms with Crippen LogP contribution in [0.2, 0.25) is 10.0 Å². The van der Waals surface area contributed by atoms with Gasteiger partial charge in [0.15, 0.2) is 9.84 Å². The fourth-order valence-corrected chi connectivity index (χ4v) is 6.66. The highest BCUT2D eigenvalue weighted by atomic mass is 35.5. The van der Waals surface area contributed by atoms with Crippen molar-refractivity contribution in [3.05, 3.63) is 63.6 Å². The normalized spacial score (nSPS) is 23.3. The molecule has 0 saturated heterocycles. The molecule has 1 unspecified atom stereocenters. The molecule has 0 bridgehead atoms. The van der Waals surface area contributed by atoms with Gasteiger partial charge in [-0.15, -0.1) is 0 Å². The zero-order chi connectivity index (χ0) is 24.7. The largest absolute Gasteiger partial charge is 0.372 e. The van der Waals surface area contributed by atoms with Gasteiger partial charge in [0.05, 0.1) is 39.9 Å². The molecular formula is C23H20Cl2F2N2O4S. The van der Waals surface area contributed by atoms with Crippen LogP contribution in [-0.2, 0) is 26.0 Å². The van der Waals surface area contributed by atoms with Gasteiger partial charge in [0.1, 0.15) is 17.2 Å². The summed E-state index contributed by atoms with van der Waals surface area (Å²) in [4.78, 5) is 12.9. The molecule has 2 saturated carbocycles. The van der Waals surface area contributed by atoms with E-state index in [0.29, 0.717) is 12.8 Å². The van der Waals surface area contributed by atoms with E-state index in [9.17, 15) is 27.3 Å². The maximum Gasteiger partial charge on any atom is 0.227 e. The van der Waals surface area contributed by atoms with E-state index in [2.05, 4.69) is 11.4 Å². The molecule has 3 atom stereocenters. The zero-order valence-electron chi connectivity index (χ0n) is 17.7. The lowest BCUT2D eigenvalue weighted by Crippen LogP contribution is -2.42. The lowest BCUT2D eigenvalue weighted by molar-refractivity contribution is -0.130. The number of rotatable bonds is 7. The number of hydrogen-bond acceptors (Lipinski definition) is 5. The first-order valence-electron chi connectivity index (χ1n) is 10.5. The summed E-state index contributed by atoms with van der Waals surface area (Å²) in [6.07, 6.45) is -0.128. The number of amides is 1. The third-order valence-electron chi connectivity index (χ3n) is 6.25. The Balaban J connectivity index is 1.59. The monoisotopic (exact) mass is 528 g/mol. The molecule has 0 aliphatic heterocycles. The van der Waals surface area contributed by atoms with E-state index in [1.807, 2.05) is 0 Å². The molecule has 11 heteroatoms. The maximum absolute atomic E-state index is 14.2. The van der Waals surface area contributed by atoms with E-state index < -0.39 is 56.8 Å². The number of hydrogen-bond donors (Lipinski definition) is 1. The van der Waals surface area contributed by atoms with Crippen LogP contribution in [0.1, 0.15) is 31.2 Å². The standard InChI is InChI=1S/C23H20Cl2F2N2O4S/c24-13-7-18(26)16(19(27)8-13)11-33-20-10-14(34(31,32)21-4-2-1-3-17(21)25)9-15(20)22(30)29-23(12-28)5-6-23/h1-4,7-8,14-15,20H,5-6,9-11H2,(H,29,30)/t14-,15?,20-/m0/s1. The van der Waals surface area contributed by atoms with Crippen molar-refractivity contribution < 1.29 is 26.7 Å². The van der Waals surface area contributed by atoms with E-state index in [1.54, 1.807) is 12.1 Å². The molecule has 2 aromatic rings. The Hall–Kier alpha value is -2.25. The minimum Gasteiger partial charge on any atom is -0.372 e. The molecule has 34 heavy (non-hydrogen) atoms. The molecule has 2 aliphatic rings. The topological polar surface area (TPSA) is 96.3 Å². The van der Waals surface area contributed by atoms with Crippen molar-refractivity contribution in [1.82, 2.24) is 5.32 Å². The van der Waals surface area contributed by atoms with Crippen LogP contribution < -0.4 is 5.32 Å². The van der Waals surface area contributed by atoms with Crippen molar-refractivity contribution in [1.29, 1.82) is 5.26 Å². The summed E-state index contributed by atoms with van der Waals surface area (Å²) in [7, 11) is -3.93. The summed E-state index contributed by atoms with van der Waals surface area (Å²) >= 11 is 11.8. The lowest BCUT2D eigenvalue weighted by Gasteiger charge is -2.21. The van der Waals surface area contributed by atoms with Gasteiger partial charge in [0.25, 0.3) is 0 Å². The lowest BCUT2D eigenvalue weighted by atomic mass is 10.0. The molecule has 1 N–H and O–H groups in total. The van der Waals surface area contributed by atoms with Crippen LogP contribution in [0.3, 0.4) is 0 Å². The number of sulfone groups is 1. The Morgan fingerprint density at radius 1 is 1.18 bits per heavy atom. The molecule has 0 heterocycles. The van der Waals surface area contributed by atoms with Crippen molar-refractivity contribution in [3.8, 4) is 6.07 Å². The van der Waals surface area contributed by atoms with Crippen LogP contribution in [0.4, 0.5) is 8.78 Å². The van der Waals surface area contributed by atoms with Gasteiger partial charge in [0.2, 0.25) is 5.91 Å². The fraction of sp³-hybridized carbons (Fsp3) is 0.391. The fourth-order valence-electron chi connectivity index (χ4n) is 4.14. The van der Waals surface area contributed by atoms with Crippen LogP contribution >= 0.6 is 23.2 Å². The minimum atomic E-state index is -3.93. The third-order valence-corrected chi connectivity index (χ3v) is 9.15. The Morgan fingerprint density at radius 2 is 1.82 bits per heavy atom. The van der Waals surface area contributed by atoms with Crippen LogP contribution in [0, 0.1) is 28.9 Å². The Kier molecular flexibility index (Phi) is 6.89. The average molecular weight is 529 g/mol. The van der Waals surface area contributed by atoms with Gasteiger partial charge >= 0.3 is 0 Å². The third kappa shape index (κ3) is 4.91. The van der Waals surface area contributed by atoms with E-state index in [1.165, 1.54) is 12.1 Å². The highest BCUT2D eigenvalue weighted by Gasteiger charge is 2.50. The van der Waals surface area contributed by atoms with Gasteiger partial charge in [-0.1, -0.05) is 35.3 Å². The molecule has 6 nitrogen and oxygen atoms in total. The molecular weight excluding hydrogens is 509 g/mol. The van der Waals surface area contributed by atoms with E-state index in [0.717, 1.165) is 12.1 Å². The summed E-state index contributed by atoms with van der Waals surface area (Å²) in [6.45, 7) is -0.522. The molecule has 0 radical (unpaired) electrons. The molecule has 0 aromatic heterocycles. The molecule has 1 amide bonds. The number of halogens is 4. The highest BCUT2D eigenvalue weighted by molar-refractivity contribution is 7.92. The minimum absolute atomic E-state index is 0.0552. The van der Waals surface area contributed by atoms with E-state index in [4.69, 9.17) is 27.9 Å². The van der Waals surface area contributed by atoms with Gasteiger partial charge in [-0.25, -0.2) is 17.2 Å². The number of benzene rings is 2. The SMILES string of the molecule is N#CC1(NC(=O)C2C[C@H](S(=O)(=O)c3ccccc3Cl)C[C@@H]2OCc2c(F)cc(Cl)cc2F)CC1. The molecule has 4 rings (SSSR count). The number of carbonyl (C=O) groups is 1. The second-order valence-electron chi connectivity index (χ2n) is 8.56. The van der Waals surface area contributed by atoms with Gasteiger partial charge in [0, 0.05) is 10.6 Å². The molecule has 0 spiro atoms. The first-order valence-corrected chi connectivity index (χ1v) is 12.8. The summed E-state index contributed by atoms with van der Waals surface area (Å²) in [5, 5.41) is 10.9. The van der Waals surface area contributed by atoms with Crippen molar-refractivity contribution in [3.63, 3.8) is 0 Å². The van der Waals surface area contributed by atoms with Crippen molar-refractivity contribution in [2.24, 2.45) is 5.92 Å². The summed E-state index contributed by atoms with van der Waals surface area (Å²) in [5.41, 5.74) is -1.34. The van der Waals surface area contributed by atoms with Gasteiger partial charge in [-0.2, -0.15) is 5.26 Å². The van der Waals surface area contributed by atoms with Crippen LogP contribution in [0.25, 0.3) is 0 Å². The second kappa shape index (κ2) is 9.42. The van der Waals surface area contributed by atoms with Crippen molar-refractivity contribution in [2.45, 2.75) is 54.1 Å². The average Bonchev–Trinajstić information content (AvgIpc) is 3.40. The number of nitrogens with one attached hydrogen (secondary N) is 1. The second-order valence-corrected chi connectivity index (χ2v) is 11.6. The molecule has 180 valence electrons. The Bertz CT molecular complexity index is 1250. The summed E-state index contributed by atoms with van der Waals surface area (Å²) < 4.78 is 60.7. The maximum atomic E-state index is 14.2. The van der Waals surface area contributed by atoms with E-state index >= 15 is 0 Å². The van der Waals surface area contributed by atoms with Gasteiger partial charge in [-0.05, 0) is 49.9 Å². The highest BCUT2D eigenvalue weighted by Crippen LogP contribution is 2.40. The van der Waals surface area contributed by atoms with E-state index in [-0.39, 0.29) is 33.3 Å². The smallest absolute Gasteiger partial charge is 0.227 e. The van der Waals surface area contributed by atoms with Gasteiger partial charge < -0.3 is 10.1 Å².